The number of aliphatic hydroxyl groups is 2. The second kappa shape index (κ2) is 15.7. The van der Waals surface area contributed by atoms with Gasteiger partial charge in [0.15, 0.2) is 23.0 Å². The maximum atomic E-state index is 11.1. The zero-order valence-electron chi connectivity index (χ0n) is 23.9. The topological polar surface area (TPSA) is 167 Å². The minimum atomic E-state index is -0.901. The molecule has 0 aromatic heterocycles. The lowest BCUT2D eigenvalue weighted by molar-refractivity contribution is -0.144. The highest BCUT2D eigenvalue weighted by atomic mass is 16.5. The Balaban J connectivity index is 1.83. The summed E-state index contributed by atoms with van der Waals surface area (Å²) in [5.74, 6) is -0.739. The molecule has 1 heterocycles. The minimum Gasteiger partial charge on any atom is -0.504 e. The molecule has 0 unspecified atom stereocenters. The fourth-order valence-corrected chi connectivity index (χ4v) is 5.27. The second-order valence-electron chi connectivity index (χ2n) is 10.3. The molecule has 11 heteroatoms. The van der Waals surface area contributed by atoms with Crippen LogP contribution in [-0.2, 0) is 16.0 Å². The first-order chi connectivity index (χ1) is 19.7. The molecule has 1 fully saturated rings. The molecule has 2 aromatic rings. The molecule has 0 spiro atoms. The van der Waals surface area contributed by atoms with Crippen LogP contribution < -0.4 is 19.5 Å². The number of benzene rings is 2. The number of hydrogen-bond donors (Lipinski definition) is 6. The quantitative estimate of drug-likeness (QED) is 0.173. The number of likely N-dealkylation sites (N-methyl/N-ethyl adjacent to an activating group) is 1. The second-order valence-corrected chi connectivity index (χ2v) is 10.3. The Morgan fingerprint density at radius 2 is 1.83 bits per heavy atom. The average Bonchev–Trinajstić information content (AvgIpc) is 2.95. The number of carbonyl (C=O) groups is 1. The van der Waals surface area contributed by atoms with Crippen molar-refractivity contribution in [2.75, 3.05) is 34.0 Å². The molecule has 6 N–H and O–H groups in total. The summed E-state index contributed by atoms with van der Waals surface area (Å²) in [6, 6.07) is 8.21. The average molecular weight is 578 g/mol. The van der Waals surface area contributed by atoms with Crippen LogP contribution in [0.3, 0.4) is 0 Å². The molecule has 0 aliphatic carbocycles. The molecular weight excluding hydrogens is 534 g/mol. The lowest BCUT2D eigenvalue weighted by Crippen LogP contribution is -2.40. The highest BCUT2D eigenvalue weighted by Gasteiger charge is 2.39. The zero-order valence-corrected chi connectivity index (χ0v) is 23.9. The predicted octanol–water partition coefficient (Wildman–Crippen LogP) is 3.16. The maximum absolute atomic E-state index is 11.1. The highest BCUT2D eigenvalue weighted by Crippen LogP contribution is 2.45. The Labute approximate surface area is 240 Å². The lowest BCUT2D eigenvalue weighted by Gasteiger charge is -2.40. The van der Waals surface area contributed by atoms with Gasteiger partial charge < -0.3 is 49.8 Å². The number of aromatic hydroxyl groups is 2. The lowest BCUT2D eigenvalue weighted by atomic mass is 9.82. The van der Waals surface area contributed by atoms with E-state index in [9.17, 15) is 25.2 Å². The molecule has 0 saturated carbocycles. The van der Waals surface area contributed by atoms with Crippen molar-refractivity contribution in [1.29, 1.82) is 0 Å². The summed E-state index contributed by atoms with van der Waals surface area (Å²) < 4.78 is 23.1. The summed E-state index contributed by atoms with van der Waals surface area (Å²) in [6.07, 6.45) is 0.603. The van der Waals surface area contributed by atoms with Crippen LogP contribution in [0.25, 0.3) is 0 Å². The van der Waals surface area contributed by atoms with Crippen molar-refractivity contribution in [3.05, 3.63) is 41.5 Å². The number of aliphatic carboxylic acids is 1. The number of methoxy groups -OCH3 is 2. The molecule has 0 bridgehead atoms. The molecular formula is C30H43NO10. The normalized spacial score (nSPS) is 21.3. The number of aliphatic hydroxyl groups excluding tert-OH is 2. The van der Waals surface area contributed by atoms with Crippen LogP contribution >= 0.6 is 0 Å². The standard InChI is InChI=1S/C30H43NO10/c1-4-31-20(7-10-28(35)36)17-40-27-15-19(14-26(39-3)29(27)37)30-22(11-12-32)24(34)16-21(41-30)8-5-18-6-9-23(33)25(13-18)38-2/h6,9,13-15,20-22,24,30-34,37H,4-5,7-8,10-12,16-17H2,1-3H3,(H,35,36)/t20-,21+,22+,24+,30+/m1/s1. The number of phenolic OH excluding ortho intramolecular Hbond substituents is 2. The van der Waals surface area contributed by atoms with Crippen molar-refractivity contribution in [3.63, 3.8) is 0 Å². The van der Waals surface area contributed by atoms with Crippen LogP contribution in [0, 0.1) is 5.92 Å². The Hall–Kier alpha value is -3.25. The summed E-state index contributed by atoms with van der Waals surface area (Å²) in [4.78, 5) is 11.1. The number of aryl methyl sites for hydroxylation is 1. The summed E-state index contributed by atoms with van der Waals surface area (Å²) >= 11 is 0. The van der Waals surface area contributed by atoms with E-state index in [0.717, 1.165) is 5.56 Å². The summed E-state index contributed by atoms with van der Waals surface area (Å²) in [5, 5.41) is 53.8. The first kappa shape index (κ1) is 32.3. The summed E-state index contributed by atoms with van der Waals surface area (Å²) in [6.45, 7) is 2.52. The van der Waals surface area contributed by atoms with E-state index in [1.807, 2.05) is 13.0 Å². The molecule has 3 rings (SSSR count). The molecule has 0 amide bonds. The number of carboxylic acids is 1. The predicted molar refractivity (Wildman–Crippen MR) is 151 cm³/mol. The third kappa shape index (κ3) is 8.87. The van der Waals surface area contributed by atoms with Gasteiger partial charge >= 0.3 is 5.97 Å². The van der Waals surface area contributed by atoms with E-state index >= 15 is 0 Å². The van der Waals surface area contributed by atoms with Gasteiger partial charge in [0, 0.05) is 25.0 Å². The van der Waals surface area contributed by atoms with E-state index in [-0.39, 0.29) is 54.8 Å². The van der Waals surface area contributed by atoms with Crippen LogP contribution in [0.1, 0.15) is 56.3 Å². The molecule has 41 heavy (non-hydrogen) atoms. The van der Waals surface area contributed by atoms with Crippen molar-refractivity contribution < 1.29 is 49.3 Å². The van der Waals surface area contributed by atoms with E-state index in [2.05, 4.69) is 5.32 Å². The van der Waals surface area contributed by atoms with Gasteiger partial charge in [0.1, 0.15) is 6.61 Å². The molecule has 5 atom stereocenters. The number of ether oxygens (including phenoxy) is 4. The first-order valence-electron chi connectivity index (χ1n) is 14.0. The first-order valence-corrected chi connectivity index (χ1v) is 14.0. The van der Waals surface area contributed by atoms with Crippen molar-refractivity contribution in [2.24, 2.45) is 5.92 Å². The number of rotatable bonds is 16. The Bertz CT molecular complexity index is 1130. The molecule has 1 aliphatic heterocycles. The van der Waals surface area contributed by atoms with E-state index in [0.29, 0.717) is 50.0 Å². The third-order valence-electron chi connectivity index (χ3n) is 7.44. The SMILES string of the molecule is CCN[C@H](CCC(=O)O)COc1cc([C@@H]2O[C@@H](CCc3ccc(O)c(OC)c3)C[C@H](O)[C@@H]2CCO)cc(OC)c1O. The van der Waals surface area contributed by atoms with Gasteiger partial charge in [-0.3, -0.25) is 4.79 Å². The number of phenols is 2. The van der Waals surface area contributed by atoms with E-state index in [4.69, 9.17) is 24.1 Å². The van der Waals surface area contributed by atoms with E-state index in [1.165, 1.54) is 14.2 Å². The van der Waals surface area contributed by atoms with Crippen molar-refractivity contribution in [3.8, 4) is 28.7 Å². The fourth-order valence-electron chi connectivity index (χ4n) is 5.27. The fraction of sp³-hybridized carbons (Fsp3) is 0.567. The molecule has 228 valence electrons. The molecule has 11 nitrogen and oxygen atoms in total. The molecule has 1 aliphatic rings. The molecule has 1 saturated heterocycles. The van der Waals surface area contributed by atoms with Gasteiger partial charge in [-0.25, -0.2) is 0 Å². The molecule has 0 radical (unpaired) electrons. The summed E-state index contributed by atoms with van der Waals surface area (Å²) in [7, 11) is 2.92. The number of nitrogens with one attached hydrogen (secondary N) is 1. The number of hydrogen-bond acceptors (Lipinski definition) is 10. The van der Waals surface area contributed by atoms with E-state index in [1.54, 1.807) is 24.3 Å². The minimum absolute atomic E-state index is 0.0225. The van der Waals surface area contributed by atoms with Gasteiger partial charge in [0.2, 0.25) is 5.75 Å². The largest absolute Gasteiger partial charge is 0.504 e. The monoisotopic (exact) mass is 577 g/mol. The van der Waals surface area contributed by atoms with Gasteiger partial charge in [0.05, 0.1) is 32.5 Å². The van der Waals surface area contributed by atoms with Gasteiger partial charge in [-0.05, 0) is 74.0 Å². The van der Waals surface area contributed by atoms with Gasteiger partial charge in [-0.1, -0.05) is 13.0 Å². The Morgan fingerprint density at radius 3 is 2.49 bits per heavy atom. The third-order valence-corrected chi connectivity index (χ3v) is 7.44. The van der Waals surface area contributed by atoms with Crippen LogP contribution in [0.5, 0.6) is 28.7 Å². The van der Waals surface area contributed by atoms with Crippen molar-refractivity contribution in [2.45, 2.75) is 69.8 Å². The summed E-state index contributed by atoms with van der Waals surface area (Å²) in [5.41, 5.74) is 1.57. The van der Waals surface area contributed by atoms with Crippen LogP contribution in [0.15, 0.2) is 30.3 Å². The molecule has 2 aromatic carbocycles. The van der Waals surface area contributed by atoms with Gasteiger partial charge in [0.25, 0.3) is 0 Å². The van der Waals surface area contributed by atoms with Crippen LogP contribution in [-0.4, -0.2) is 83.7 Å². The highest BCUT2D eigenvalue weighted by molar-refractivity contribution is 5.66. The number of carboxylic acid groups (broad SMARTS) is 1. The smallest absolute Gasteiger partial charge is 0.303 e. The van der Waals surface area contributed by atoms with Crippen LogP contribution in [0.4, 0.5) is 0 Å². The van der Waals surface area contributed by atoms with Crippen molar-refractivity contribution in [1.82, 2.24) is 5.32 Å². The van der Waals surface area contributed by atoms with Gasteiger partial charge in [-0.2, -0.15) is 0 Å². The maximum Gasteiger partial charge on any atom is 0.303 e. The Morgan fingerprint density at radius 1 is 1.10 bits per heavy atom. The van der Waals surface area contributed by atoms with Crippen molar-refractivity contribution >= 4 is 5.97 Å². The van der Waals surface area contributed by atoms with E-state index < -0.39 is 24.1 Å². The Kier molecular flexibility index (Phi) is 12.3. The zero-order chi connectivity index (χ0) is 29.9. The van der Waals surface area contributed by atoms with Crippen LogP contribution in [0.2, 0.25) is 0 Å². The van der Waals surface area contributed by atoms with Gasteiger partial charge in [-0.15, -0.1) is 0 Å².